The maximum absolute atomic E-state index is 12.9. The SMILES string of the molecule is CC(O)C(N)C(=O)NC(CCCCN)C(=O)NC(CCCCN)C(=O)NC(CC(=O)O)C(=O)O. The summed E-state index contributed by atoms with van der Waals surface area (Å²) >= 11 is 0. The summed E-state index contributed by atoms with van der Waals surface area (Å²) in [6.45, 7) is 2.01. The molecule has 5 unspecified atom stereocenters. The van der Waals surface area contributed by atoms with Crippen molar-refractivity contribution in [2.75, 3.05) is 13.1 Å². The number of aliphatic hydroxyl groups is 1. The van der Waals surface area contributed by atoms with Crippen molar-refractivity contribution in [2.45, 2.75) is 82.1 Å². The molecule has 0 heterocycles. The Bertz CT molecular complexity index is 690. The highest BCUT2D eigenvalue weighted by Gasteiger charge is 2.31. The lowest BCUT2D eigenvalue weighted by atomic mass is 10.0. The third-order valence-corrected chi connectivity index (χ3v) is 4.98. The van der Waals surface area contributed by atoms with Crippen LogP contribution in [-0.4, -0.2) is 88.3 Å². The number of carboxylic acids is 2. The van der Waals surface area contributed by atoms with Crippen LogP contribution in [0.15, 0.2) is 0 Å². The van der Waals surface area contributed by atoms with Gasteiger partial charge in [0.1, 0.15) is 24.2 Å². The summed E-state index contributed by atoms with van der Waals surface area (Å²) < 4.78 is 0. The fraction of sp³-hybridized carbons (Fsp3) is 0.750. The predicted octanol–water partition coefficient (Wildman–Crippen LogP) is -3.03. The van der Waals surface area contributed by atoms with Crippen molar-refractivity contribution in [3.05, 3.63) is 0 Å². The van der Waals surface area contributed by atoms with Crippen molar-refractivity contribution in [1.29, 1.82) is 0 Å². The molecule has 196 valence electrons. The zero-order valence-electron chi connectivity index (χ0n) is 19.4. The summed E-state index contributed by atoms with van der Waals surface area (Å²) in [5.41, 5.74) is 16.6. The van der Waals surface area contributed by atoms with Crippen LogP contribution in [0.5, 0.6) is 0 Å². The van der Waals surface area contributed by atoms with Crippen LogP contribution in [0, 0.1) is 0 Å². The third-order valence-electron chi connectivity index (χ3n) is 4.98. The Labute approximate surface area is 198 Å². The van der Waals surface area contributed by atoms with E-state index >= 15 is 0 Å². The fourth-order valence-electron chi connectivity index (χ4n) is 2.93. The minimum atomic E-state index is -1.69. The molecule has 14 nitrogen and oxygen atoms in total. The Morgan fingerprint density at radius 2 is 1.15 bits per heavy atom. The maximum Gasteiger partial charge on any atom is 0.326 e. The average Bonchev–Trinajstić information content (AvgIpc) is 2.76. The highest BCUT2D eigenvalue weighted by molar-refractivity contribution is 5.94. The number of amides is 3. The number of aliphatic carboxylic acids is 2. The largest absolute Gasteiger partial charge is 0.481 e. The minimum absolute atomic E-state index is 0.102. The topological polar surface area (TPSA) is 260 Å². The van der Waals surface area contributed by atoms with E-state index in [-0.39, 0.29) is 12.8 Å². The van der Waals surface area contributed by atoms with Gasteiger partial charge in [-0.25, -0.2) is 4.79 Å². The van der Waals surface area contributed by atoms with Gasteiger partial charge in [0.25, 0.3) is 0 Å². The lowest BCUT2D eigenvalue weighted by Gasteiger charge is -2.25. The Morgan fingerprint density at radius 1 is 0.735 bits per heavy atom. The van der Waals surface area contributed by atoms with Gasteiger partial charge >= 0.3 is 11.9 Å². The van der Waals surface area contributed by atoms with E-state index in [2.05, 4.69) is 16.0 Å². The number of carboxylic acid groups (broad SMARTS) is 2. The second-order valence-electron chi connectivity index (χ2n) is 7.95. The van der Waals surface area contributed by atoms with Gasteiger partial charge < -0.3 is 48.5 Å². The summed E-state index contributed by atoms with van der Waals surface area (Å²) in [5, 5.41) is 34.7. The number of carbonyl (C=O) groups excluding carboxylic acids is 3. The molecule has 0 saturated carbocycles. The van der Waals surface area contributed by atoms with Crippen LogP contribution in [0.1, 0.15) is 51.9 Å². The van der Waals surface area contributed by atoms with Gasteiger partial charge in [0, 0.05) is 0 Å². The van der Waals surface area contributed by atoms with Gasteiger partial charge in [0.05, 0.1) is 12.5 Å². The van der Waals surface area contributed by atoms with Gasteiger partial charge in [-0.1, -0.05) is 0 Å². The molecule has 34 heavy (non-hydrogen) atoms. The first kappa shape index (κ1) is 31.2. The Kier molecular flexibility index (Phi) is 15.4. The highest BCUT2D eigenvalue weighted by Crippen LogP contribution is 2.07. The molecular formula is C20H38N6O8. The normalized spacial score (nSPS) is 15.3. The second kappa shape index (κ2) is 16.7. The van der Waals surface area contributed by atoms with Gasteiger partial charge in [0.2, 0.25) is 17.7 Å². The summed E-state index contributed by atoms with van der Waals surface area (Å²) in [5.74, 6) is -5.33. The zero-order chi connectivity index (χ0) is 26.3. The van der Waals surface area contributed by atoms with E-state index in [1.54, 1.807) is 0 Å². The van der Waals surface area contributed by atoms with Crippen LogP contribution in [0.25, 0.3) is 0 Å². The number of hydrogen-bond donors (Lipinski definition) is 9. The predicted molar refractivity (Wildman–Crippen MR) is 121 cm³/mol. The molecule has 0 aliphatic carbocycles. The van der Waals surface area contributed by atoms with Crippen molar-refractivity contribution in [1.82, 2.24) is 16.0 Å². The van der Waals surface area contributed by atoms with Crippen molar-refractivity contribution in [2.24, 2.45) is 17.2 Å². The van der Waals surface area contributed by atoms with E-state index < -0.39 is 66.4 Å². The lowest BCUT2D eigenvalue weighted by Crippen LogP contribution is -2.58. The van der Waals surface area contributed by atoms with Gasteiger partial charge in [-0.2, -0.15) is 0 Å². The number of rotatable bonds is 18. The molecule has 0 fully saturated rings. The first-order valence-electron chi connectivity index (χ1n) is 11.1. The standard InChI is InChI=1S/C20H38N6O8/c1-11(27)16(23)19(32)25-13(7-3-5-9-22)17(30)24-12(6-2-4-8-21)18(31)26-14(20(33)34)10-15(28)29/h11-14,16,27H,2-10,21-23H2,1H3,(H,24,30)(H,25,32)(H,26,31)(H,28,29)(H,33,34). The van der Waals surface area contributed by atoms with Crippen LogP contribution in [0.2, 0.25) is 0 Å². The molecule has 0 aromatic rings. The highest BCUT2D eigenvalue weighted by atomic mass is 16.4. The molecule has 0 spiro atoms. The van der Waals surface area contributed by atoms with Gasteiger partial charge in [-0.3, -0.25) is 19.2 Å². The van der Waals surface area contributed by atoms with Crippen LogP contribution >= 0.6 is 0 Å². The Hall–Kier alpha value is -2.81. The fourth-order valence-corrected chi connectivity index (χ4v) is 2.93. The molecule has 0 radical (unpaired) electrons. The first-order chi connectivity index (χ1) is 15.9. The molecule has 0 aliphatic rings. The van der Waals surface area contributed by atoms with Crippen LogP contribution in [0.3, 0.4) is 0 Å². The van der Waals surface area contributed by atoms with Gasteiger partial charge in [-0.05, 0) is 58.5 Å². The van der Waals surface area contributed by atoms with Crippen molar-refractivity contribution in [3.8, 4) is 0 Å². The lowest BCUT2D eigenvalue weighted by molar-refractivity contribution is -0.147. The maximum atomic E-state index is 12.9. The van der Waals surface area contributed by atoms with Crippen LogP contribution in [-0.2, 0) is 24.0 Å². The number of aliphatic hydroxyl groups excluding tert-OH is 1. The number of carbonyl (C=O) groups is 5. The summed E-state index contributed by atoms with van der Waals surface area (Å²) in [6.07, 6.45) is 0.254. The van der Waals surface area contributed by atoms with E-state index in [0.29, 0.717) is 38.8 Å². The van der Waals surface area contributed by atoms with Crippen molar-refractivity contribution >= 4 is 29.7 Å². The van der Waals surface area contributed by atoms with Gasteiger partial charge in [0.15, 0.2) is 0 Å². The molecule has 3 amide bonds. The van der Waals surface area contributed by atoms with Crippen molar-refractivity contribution < 1.29 is 39.3 Å². The van der Waals surface area contributed by atoms with E-state index in [1.165, 1.54) is 6.92 Å². The quantitative estimate of drug-likeness (QED) is 0.0872. The number of nitrogens with one attached hydrogen (secondary N) is 3. The number of hydrogen-bond acceptors (Lipinski definition) is 9. The molecule has 5 atom stereocenters. The summed E-state index contributed by atoms with van der Waals surface area (Å²) in [4.78, 5) is 60.1. The molecule has 12 N–H and O–H groups in total. The molecule has 0 aliphatic heterocycles. The smallest absolute Gasteiger partial charge is 0.326 e. The van der Waals surface area contributed by atoms with E-state index in [4.69, 9.17) is 22.3 Å². The monoisotopic (exact) mass is 490 g/mol. The summed E-state index contributed by atoms with van der Waals surface area (Å²) in [7, 11) is 0. The van der Waals surface area contributed by atoms with E-state index in [1.807, 2.05) is 0 Å². The molecular weight excluding hydrogens is 452 g/mol. The zero-order valence-corrected chi connectivity index (χ0v) is 19.4. The third kappa shape index (κ3) is 12.4. The molecule has 0 rings (SSSR count). The van der Waals surface area contributed by atoms with E-state index in [0.717, 1.165) is 0 Å². The molecule has 0 aromatic heterocycles. The van der Waals surface area contributed by atoms with Crippen molar-refractivity contribution in [3.63, 3.8) is 0 Å². The number of unbranched alkanes of at least 4 members (excludes halogenated alkanes) is 2. The molecule has 0 saturated heterocycles. The minimum Gasteiger partial charge on any atom is -0.481 e. The second-order valence-corrected chi connectivity index (χ2v) is 7.95. The molecule has 0 aromatic carbocycles. The molecule has 0 bridgehead atoms. The molecule has 14 heteroatoms. The Morgan fingerprint density at radius 3 is 1.50 bits per heavy atom. The summed E-state index contributed by atoms with van der Waals surface area (Å²) in [6, 6.07) is -5.26. The van der Waals surface area contributed by atoms with Crippen LogP contribution < -0.4 is 33.2 Å². The van der Waals surface area contributed by atoms with Crippen LogP contribution in [0.4, 0.5) is 0 Å². The average molecular weight is 491 g/mol. The van der Waals surface area contributed by atoms with Gasteiger partial charge in [-0.15, -0.1) is 0 Å². The first-order valence-corrected chi connectivity index (χ1v) is 11.1. The number of nitrogens with two attached hydrogens (primary N) is 3. The Balaban J connectivity index is 5.53. The van der Waals surface area contributed by atoms with E-state index in [9.17, 15) is 34.2 Å².